The summed E-state index contributed by atoms with van der Waals surface area (Å²) in [5.41, 5.74) is 1.54. The van der Waals surface area contributed by atoms with Crippen LogP contribution in [0.2, 0.25) is 0 Å². The number of hydrogen-bond acceptors (Lipinski definition) is 6. The van der Waals surface area contributed by atoms with Crippen molar-refractivity contribution < 1.29 is 9.53 Å². The van der Waals surface area contributed by atoms with Crippen LogP contribution in [0.15, 0.2) is 64.8 Å². The first kappa shape index (κ1) is 23.4. The lowest BCUT2D eigenvalue weighted by molar-refractivity contribution is 0.239. The number of carbonyl (C=O) groups is 1. The van der Waals surface area contributed by atoms with Crippen molar-refractivity contribution >= 4 is 44.0 Å². The molecule has 2 aromatic heterocycles. The van der Waals surface area contributed by atoms with E-state index in [-0.39, 0.29) is 5.56 Å². The summed E-state index contributed by atoms with van der Waals surface area (Å²) in [5, 5.41) is 6.87. The van der Waals surface area contributed by atoms with Crippen LogP contribution in [0.25, 0.3) is 21.0 Å². The van der Waals surface area contributed by atoms with Crippen molar-refractivity contribution in [3.05, 3.63) is 70.3 Å². The molecule has 0 unspecified atom stereocenters. The molecule has 7 nitrogen and oxygen atoms in total. The molecule has 1 saturated heterocycles. The monoisotopic (exact) mass is 490 g/mol. The number of nitrogens with zero attached hydrogens (tertiary/aromatic N) is 3. The van der Waals surface area contributed by atoms with Gasteiger partial charge in [0, 0.05) is 61.1 Å². The molecule has 0 spiro atoms. The molecule has 0 atom stereocenters. The first-order valence-corrected chi connectivity index (χ1v) is 13.0. The maximum atomic E-state index is 12.2. The van der Waals surface area contributed by atoms with Crippen molar-refractivity contribution in [3.8, 4) is 5.75 Å². The highest BCUT2D eigenvalue weighted by Crippen LogP contribution is 2.31. The van der Waals surface area contributed by atoms with Gasteiger partial charge in [-0.15, -0.1) is 11.3 Å². The number of nitrogens with one attached hydrogen (secondary N) is 1. The largest absolute Gasteiger partial charge is 0.494 e. The van der Waals surface area contributed by atoms with E-state index in [4.69, 9.17) is 4.74 Å². The van der Waals surface area contributed by atoms with Crippen LogP contribution >= 0.6 is 11.3 Å². The van der Waals surface area contributed by atoms with E-state index in [0.717, 1.165) is 55.5 Å². The van der Waals surface area contributed by atoms with Crippen molar-refractivity contribution in [2.45, 2.75) is 12.8 Å². The standard InChI is InChI=1S/C27H30N4O3S/c1-28-27(33)31-24-19-21(9-7-20(24)8-10-26(31)32)34-17-3-2-12-29-13-15-30(16-14-29)23-5-4-6-25-22(23)11-18-35-25/h4-11,18-19H,2-3,12-17H2,1H3,(H,28,33). The molecule has 1 aliphatic heterocycles. The normalized spacial score (nSPS) is 14.5. The van der Waals surface area contributed by atoms with Crippen LogP contribution in [0.4, 0.5) is 10.5 Å². The number of rotatable bonds is 7. The minimum atomic E-state index is -0.454. The van der Waals surface area contributed by atoms with E-state index in [2.05, 4.69) is 44.8 Å². The third-order valence-electron chi connectivity index (χ3n) is 6.61. The number of hydrogen-bond donors (Lipinski definition) is 1. The lowest BCUT2D eigenvalue weighted by atomic mass is 10.2. The number of thiophene rings is 1. The van der Waals surface area contributed by atoms with Crippen molar-refractivity contribution in [3.63, 3.8) is 0 Å². The van der Waals surface area contributed by atoms with Crippen LogP contribution < -0.4 is 20.5 Å². The molecule has 5 rings (SSSR count). The van der Waals surface area contributed by atoms with Crippen LogP contribution in [-0.4, -0.2) is 61.9 Å². The highest BCUT2D eigenvalue weighted by Gasteiger charge is 2.18. The summed E-state index contributed by atoms with van der Waals surface area (Å²) in [6.45, 7) is 5.91. The molecule has 1 aliphatic rings. The van der Waals surface area contributed by atoms with Crippen LogP contribution in [-0.2, 0) is 0 Å². The number of unbranched alkanes of at least 4 members (excludes halogenated alkanes) is 1. The Morgan fingerprint density at radius 1 is 1.03 bits per heavy atom. The van der Waals surface area contributed by atoms with Crippen molar-refractivity contribution in [1.82, 2.24) is 14.8 Å². The SMILES string of the molecule is CNC(=O)n1c(=O)ccc2ccc(OCCCCN3CCN(c4cccc5sccc45)CC3)cc21. The molecule has 1 amide bonds. The van der Waals surface area contributed by atoms with E-state index < -0.39 is 6.03 Å². The molecule has 4 aromatic rings. The average Bonchev–Trinajstić information content (AvgIpc) is 3.37. The van der Waals surface area contributed by atoms with Crippen molar-refractivity contribution in [1.29, 1.82) is 0 Å². The summed E-state index contributed by atoms with van der Waals surface area (Å²) >= 11 is 1.80. The molecule has 35 heavy (non-hydrogen) atoms. The Morgan fingerprint density at radius 2 is 1.86 bits per heavy atom. The molecule has 1 fully saturated rings. The number of anilines is 1. The fraction of sp³-hybridized carbons (Fsp3) is 0.333. The van der Waals surface area contributed by atoms with Crippen LogP contribution in [0.1, 0.15) is 12.8 Å². The summed E-state index contributed by atoms with van der Waals surface area (Å²) < 4.78 is 8.44. The number of pyridine rings is 1. The molecule has 0 aliphatic carbocycles. The van der Waals surface area contributed by atoms with E-state index in [9.17, 15) is 9.59 Å². The maximum Gasteiger partial charge on any atom is 0.328 e. The highest BCUT2D eigenvalue weighted by atomic mass is 32.1. The third kappa shape index (κ3) is 5.04. The molecule has 8 heteroatoms. The molecule has 0 saturated carbocycles. The second kappa shape index (κ2) is 10.5. The number of amides is 1. The zero-order valence-electron chi connectivity index (χ0n) is 19.9. The van der Waals surface area contributed by atoms with Gasteiger partial charge in [0.2, 0.25) is 0 Å². The van der Waals surface area contributed by atoms with Gasteiger partial charge in [0.1, 0.15) is 5.75 Å². The Labute approximate surface area is 208 Å². The quantitative estimate of drug-likeness (QED) is 0.390. The topological polar surface area (TPSA) is 66.8 Å². The first-order valence-electron chi connectivity index (χ1n) is 12.1. The van der Waals surface area contributed by atoms with Gasteiger partial charge in [0.15, 0.2) is 0 Å². The minimum Gasteiger partial charge on any atom is -0.494 e. The van der Waals surface area contributed by atoms with Gasteiger partial charge < -0.3 is 15.0 Å². The zero-order chi connectivity index (χ0) is 24.2. The fourth-order valence-electron chi connectivity index (χ4n) is 4.72. The molecule has 182 valence electrons. The van der Waals surface area contributed by atoms with Gasteiger partial charge in [0.05, 0.1) is 12.1 Å². The number of piperazine rings is 1. The number of fused-ring (bicyclic) bond motifs is 2. The minimum absolute atomic E-state index is 0.360. The van der Waals surface area contributed by atoms with Gasteiger partial charge in [-0.25, -0.2) is 9.36 Å². The van der Waals surface area contributed by atoms with Gasteiger partial charge in [-0.3, -0.25) is 9.69 Å². The highest BCUT2D eigenvalue weighted by molar-refractivity contribution is 7.17. The van der Waals surface area contributed by atoms with Gasteiger partial charge in [0.25, 0.3) is 5.56 Å². The van der Waals surface area contributed by atoms with Crippen molar-refractivity contribution in [2.24, 2.45) is 0 Å². The van der Waals surface area contributed by atoms with E-state index in [1.54, 1.807) is 23.5 Å². The molecular formula is C27H30N4O3S. The van der Waals surface area contributed by atoms with E-state index in [1.807, 2.05) is 12.1 Å². The Bertz CT molecular complexity index is 1390. The van der Waals surface area contributed by atoms with E-state index in [1.165, 1.54) is 28.9 Å². The van der Waals surface area contributed by atoms with E-state index >= 15 is 0 Å². The Hall–Kier alpha value is -3.36. The lowest BCUT2D eigenvalue weighted by Gasteiger charge is -2.36. The number of carbonyl (C=O) groups excluding carboxylic acids is 1. The molecule has 1 N–H and O–H groups in total. The number of benzene rings is 2. The summed E-state index contributed by atoms with van der Waals surface area (Å²) in [4.78, 5) is 29.4. The first-order chi connectivity index (χ1) is 17.1. The molecular weight excluding hydrogens is 460 g/mol. The van der Waals surface area contributed by atoms with Gasteiger partial charge in [-0.05, 0) is 66.6 Å². The maximum absolute atomic E-state index is 12.2. The molecule has 2 aromatic carbocycles. The van der Waals surface area contributed by atoms with Gasteiger partial charge >= 0.3 is 6.03 Å². The summed E-state index contributed by atoms with van der Waals surface area (Å²) in [6.07, 6.45) is 2.01. The Kier molecular flexibility index (Phi) is 7.01. The Balaban J connectivity index is 1.09. The van der Waals surface area contributed by atoms with Crippen LogP contribution in [0, 0.1) is 0 Å². The Morgan fingerprint density at radius 3 is 2.69 bits per heavy atom. The van der Waals surface area contributed by atoms with Gasteiger partial charge in [-0.2, -0.15) is 0 Å². The molecule has 0 radical (unpaired) electrons. The zero-order valence-corrected chi connectivity index (χ0v) is 20.7. The second-order valence-electron chi connectivity index (χ2n) is 8.78. The number of ether oxygens (including phenoxy) is 1. The van der Waals surface area contributed by atoms with Crippen molar-refractivity contribution in [2.75, 3.05) is 51.3 Å². The van der Waals surface area contributed by atoms with E-state index in [0.29, 0.717) is 17.9 Å². The predicted octanol–water partition coefficient (Wildman–Crippen LogP) is 4.38. The summed E-state index contributed by atoms with van der Waals surface area (Å²) in [6, 6.07) is 17.0. The average molecular weight is 491 g/mol. The van der Waals surface area contributed by atoms with Crippen LogP contribution in [0.5, 0.6) is 5.75 Å². The van der Waals surface area contributed by atoms with Crippen LogP contribution in [0.3, 0.4) is 0 Å². The van der Waals surface area contributed by atoms with Gasteiger partial charge in [-0.1, -0.05) is 6.07 Å². The number of aromatic nitrogens is 1. The molecule has 0 bridgehead atoms. The third-order valence-corrected chi connectivity index (χ3v) is 7.49. The predicted molar refractivity (Wildman–Crippen MR) is 143 cm³/mol. The lowest BCUT2D eigenvalue weighted by Crippen LogP contribution is -2.46. The second-order valence-corrected chi connectivity index (χ2v) is 9.72. The summed E-state index contributed by atoms with van der Waals surface area (Å²) in [7, 11) is 1.51. The summed E-state index contributed by atoms with van der Waals surface area (Å²) in [5.74, 6) is 0.664. The fourth-order valence-corrected chi connectivity index (χ4v) is 5.52. The molecule has 3 heterocycles. The smallest absolute Gasteiger partial charge is 0.328 e.